The molecule has 0 bridgehead atoms. The molecule has 0 aliphatic heterocycles. The van der Waals surface area contributed by atoms with Gasteiger partial charge in [-0.2, -0.15) is 0 Å². The fourth-order valence-electron chi connectivity index (χ4n) is 1.01. The van der Waals surface area contributed by atoms with Crippen molar-refractivity contribution in [3.8, 4) is 0 Å². The predicted molar refractivity (Wildman–Crippen MR) is 58.1 cm³/mol. The summed E-state index contributed by atoms with van der Waals surface area (Å²) < 4.78 is 0. The minimum atomic E-state index is 0.728. The van der Waals surface area contributed by atoms with Crippen molar-refractivity contribution >= 4 is 0 Å². The van der Waals surface area contributed by atoms with Gasteiger partial charge in [0.2, 0.25) is 0 Å². The van der Waals surface area contributed by atoms with Gasteiger partial charge in [0, 0.05) is 5.70 Å². The maximum atomic E-state index is 5.77. The molecule has 0 aromatic rings. The van der Waals surface area contributed by atoms with Crippen molar-refractivity contribution in [2.24, 2.45) is 5.73 Å². The number of hydrogen-bond donors (Lipinski definition) is 1. The Labute approximate surface area is 79.6 Å². The lowest BCUT2D eigenvalue weighted by atomic mass is 10.1. The monoisotopic (exact) mass is 173 g/mol. The molecule has 0 heterocycles. The summed E-state index contributed by atoms with van der Waals surface area (Å²) in [5.41, 5.74) is 8.65. The summed E-state index contributed by atoms with van der Waals surface area (Å²) in [5.74, 6) is 0. The van der Waals surface area contributed by atoms with Gasteiger partial charge in [-0.1, -0.05) is 42.5 Å². The van der Waals surface area contributed by atoms with Gasteiger partial charge in [-0.3, -0.25) is 0 Å². The summed E-state index contributed by atoms with van der Waals surface area (Å²) in [6.45, 7) is 5.94. The van der Waals surface area contributed by atoms with E-state index in [1.54, 1.807) is 0 Å². The normalized spacial score (nSPS) is 27.0. The van der Waals surface area contributed by atoms with E-state index in [4.69, 9.17) is 5.73 Å². The molecule has 1 rings (SSSR count). The summed E-state index contributed by atoms with van der Waals surface area (Å²) in [6.07, 6.45) is 12.9. The average molecular weight is 173 g/mol. The zero-order valence-corrected chi connectivity index (χ0v) is 7.96. The Balaban J connectivity index is 2.93. The molecule has 0 saturated heterocycles. The van der Waals surface area contributed by atoms with Crippen molar-refractivity contribution in [1.82, 2.24) is 0 Å². The fraction of sp³-hybridized carbons (Fsp3) is 0.167. The zero-order valence-electron chi connectivity index (χ0n) is 7.96. The fourth-order valence-corrected chi connectivity index (χ4v) is 1.01. The second-order valence-corrected chi connectivity index (χ2v) is 3.15. The smallest absolute Gasteiger partial charge is 0.0381 e. The van der Waals surface area contributed by atoms with Crippen LogP contribution in [-0.4, -0.2) is 0 Å². The van der Waals surface area contributed by atoms with Crippen molar-refractivity contribution in [1.29, 1.82) is 0 Å². The Morgan fingerprint density at radius 1 is 1.31 bits per heavy atom. The third kappa shape index (κ3) is 3.16. The molecular weight excluding hydrogens is 158 g/mol. The Morgan fingerprint density at radius 2 is 2.08 bits per heavy atom. The van der Waals surface area contributed by atoms with E-state index in [1.807, 2.05) is 30.4 Å². The molecule has 0 saturated carbocycles. The molecule has 0 radical (unpaired) electrons. The Kier molecular flexibility index (Phi) is 3.32. The quantitative estimate of drug-likeness (QED) is 0.599. The predicted octanol–water partition coefficient (Wildman–Crippen LogP) is 2.85. The molecule has 13 heavy (non-hydrogen) atoms. The van der Waals surface area contributed by atoms with Crippen molar-refractivity contribution < 1.29 is 0 Å². The Bertz CT molecular complexity index is 314. The SMILES string of the molecule is C=C1/C=C\C=C/C/C(C)=C\C=C1N. The van der Waals surface area contributed by atoms with E-state index in [-0.39, 0.29) is 0 Å². The second-order valence-electron chi connectivity index (χ2n) is 3.15. The lowest BCUT2D eigenvalue weighted by Gasteiger charge is -2.00. The van der Waals surface area contributed by atoms with E-state index >= 15 is 0 Å². The Hall–Kier alpha value is -1.50. The molecule has 0 atom stereocenters. The highest BCUT2D eigenvalue weighted by Gasteiger charge is 1.92. The van der Waals surface area contributed by atoms with E-state index < -0.39 is 0 Å². The number of rotatable bonds is 0. The van der Waals surface area contributed by atoms with Crippen LogP contribution in [0.3, 0.4) is 0 Å². The van der Waals surface area contributed by atoms with Crippen molar-refractivity contribution in [2.45, 2.75) is 13.3 Å². The van der Waals surface area contributed by atoms with Gasteiger partial charge in [0.25, 0.3) is 0 Å². The van der Waals surface area contributed by atoms with Gasteiger partial charge in [-0.15, -0.1) is 0 Å². The molecule has 0 unspecified atom stereocenters. The molecule has 1 aliphatic carbocycles. The van der Waals surface area contributed by atoms with E-state index in [9.17, 15) is 0 Å². The van der Waals surface area contributed by atoms with Crippen LogP contribution in [0.1, 0.15) is 13.3 Å². The molecule has 68 valence electrons. The number of hydrogen-bond acceptors (Lipinski definition) is 1. The van der Waals surface area contributed by atoms with Crippen LogP contribution in [0.2, 0.25) is 0 Å². The maximum absolute atomic E-state index is 5.77. The van der Waals surface area contributed by atoms with E-state index in [2.05, 4.69) is 19.6 Å². The summed E-state index contributed by atoms with van der Waals surface area (Å²) in [7, 11) is 0. The van der Waals surface area contributed by atoms with Gasteiger partial charge in [0.1, 0.15) is 0 Å². The minimum absolute atomic E-state index is 0.728. The van der Waals surface area contributed by atoms with Crippen molar-refractivity contribution in [2.75, 3.05) is 0 Å². The van der Waals surface area contributed by atoms with Gasteiger partial charge in [-0.25, -0.2) is 0 Å². The summed E-state index contributed by atoms with van der Waals surface area (Å²) >= 11 is 0. The van der Waals surface area contributed by atoms with Crippen LogP contribution in [0.4, 0.5) is 0 Å². The van der Waals surface area contributed by atoms with Gasteiger partial charge in [0.05, 0.1) is 0 Å². The standard InChI is InChI=1S/C12H15N/c1-10-6-4-3-5-7-11(2)12(13)9-8-10/h3-5,7-9H,2,6,13H2,1H3/b4-3-,7-5-,10-8-,12-9?. The van der Waals surface area contributed by atoms with Crippen LogP contribution < -0.4 is 5.73 Å². The topological polar surface area (TPSA) is 26.0 Å². The van der Waals surface area contributed by atoms with Crippen molar-refractivity contribution in [3.63, 3.8) is 0 Å². The molecule has 0 spiro atoms. The van der Waals surface area contributed by atoms with Gasteiger partial charge in [0.15, 0.2) is 0 Å². The molecule has 2 N–H and O–H groups in total. The number of allylic oxidation sites excluding steroid dienone is 7. The lowest BCUT2D eigenvalue weighted by Crippen LogP contribution is -1.97. The lowest BCUT2D eigenvalue weighted by molar-refractivity contribution is 1.20. The van der Waals surface area contributed by atoms with E-state index in [1.165, 1.54) is 5.57 Å². The first-order chi connectivity index (χ1) is 6.20. The summed E-state index contributed by atoms with van der Waals surface area (Å²) in [4.78, 5) is 0. The molecule has 0 amide bonds. The van der Waals surface area contributed by atoms with E-state index in [0.717, 1.165) is 17.7 Å². The first-order valence-electron chi connectivity index (χ1n) is 4.35. The van der Waals surface area contributed by atoms with Gasteiger partial charge >= 0.3 is 0 Å². The van der Waals surface area contributed by atoms with Crippen LogP contribution in [0.25, 0.3) is 0 Å². The second kappa shape index (κ2) is 4.51. The highest BCUT2D eigenvalue weighted by molar-refractivity contribution is 5.39. The van der Waals surface area contributed by atoms with Crippen LogP contribution in [0.15, 0.2) is 59.9 Å². The first kappa shape index (κ1) is 9.59. The minimum Gasteiger partial charge on any atom is -0.398 e. The van der Waals surface area contributed by atoms with Crippen LogP contribution in [-0.2, 0) is 0 Å². The third-order valence-corrected chi connectivity index (χ3v) is 1.90. The first-order valence-corrected chi connectivity index (χ1v) is 4.35. The summed E-state index contributed by atoms with van der Waals surface area (Å²) in [6, 6.07) is 0. The van der Waals surface area contributed by atoms with E-state index in [0.29, 0.717) is 0 Å². The molecule has 1 aliphatic rings. The van der Waals surface area contributed by atoms with Crippen molar-refractivity contribution in [3.05, 3.63) is 59.9 Å². The van der Waals surface area contributed by atoms with Crippen LogP contribution in [0, 0.1) is 0 Å². The largest absolute Gasteiger partial charge is 0.398 e. The van der Waals surface area contributed by atoms with Crippen LogP contribution in [0.5, 0.6) is 0 Å². The average Bonchev–Trinajstić information content (AvgIpc) is 2.12. The maximum Gasteiger partial charge on any atom is 0.0381 e. The van der Waals surface area contributed by atoms with Crippen LogP contribution >= 0.6 is 0 Å². The zero-order chi connectivity index (χ0) is 9.68. The summed E-state index contributed by atoms with van der Waals surface area (Å²) in [5, 5.41) is 0. The highest BCUT2D eigenvalue weighted by Crippen LogP contribution is 2.08. The molecular formula is C12H15N. The molecule has 1 heteroatoms. The number of nitrogens with two attached hydrogens (primary N) is 1. The highest BCUT2D eigenvalue weighted by atomic mass is 14.6. The molecule has 0 fully saturated rings. The molecule has 0 aromatic heterocycles. The Morgan fingerprint density at radius 3 is 2.85 bits per heavy atom. The molecule has 1 nitrogen and oxygen atoms in total. The third-order valence-electron chi connectivity index (χ3n) is 1.90. The molecule has 0 aromatic carbocycles. The van der Waals surface area contributed by atoms with Gasteiger partial charge < -0.3 is 5.73 Å². The van der Waals surface area contributed by atoms with Gasteiger partial charge in [-0.05, 0) is 25.0 Å².